The third-order valence-corrected chi connectivity index (χ3v) is 4.38. The van der Waals surface area contributed by atoms with E-state index in [9.17, 15) is 4.79 Å². The number of hydrogen-bond acceptors (Lipinski definition) is 3. The normalized spacial score (nSPS) is 11.1. The second-order valence-corrected chi connectivity index (χ2v) is 6.31. The maximum atomic E-state index is 11.9. The molecule has 1 heterocycles. The van der Waals surface area contributed by atoms with E-state index in [-0.39, 0.29) is 11.3 Å². The van der Waals surface area contributed by atoms with Crippen LogP contribution >= 0.6 is 11.3 Å². The summed E-state index contributed by atoms with van der Waals surface area (Å²) >= 11 is 1.72. The van der Waals surface area contributed by atoms with Gasteiger partial charge in [0.25, 0.3) is 0 Å². The van der Waals surface area contributed by atoms with E-state index in [0.29, 0.717) is 13.1 Å². The van der Waals surface area contributed by atoms with Gasteiger partial charge in [-0.05, 0) is 23.6 Å². The Morgan fingerprint density at radius 1 is 1.15 bits per heavy atom. The number of benzene rings is 1. The van der Waals surface area contributed by atoms with Crippen LogP contribution in [0, 0.1) is 0 Å². The molecule has 0 aliphatic carbocycles. The third kappa shape index (κ3) is 4.10. The number of hydrogen-bond donors (Lipinski definition) is 2. The van der Waals surface area contributed by atoms with Crippen molar-refractivity contribution in [1.82, 2.24) is 5.32 Å². The van der Waals surface area contributed by atoms with Crippen LogP contribution < -0.4 is 10.6 Å². The summed E-state index contributed by atoms with van der Waals surface area (Å²) in [6, 6.07) is 13.9. The third-order valence-electron chi connectivity index (χ3n) is 3.14. The number of rotatable bonds is 6. The summed E-state index contributed by atoms with van der Waals surface area (Å²) in [5.41, 5.74) is 0.927. The molecule has 4 heteroatoms. The lowest BCUT2D eigenvalue weighted by atomic mass is 9.91. The Labute approximate surface area is 124 Å². The Hall–Kier alpha value is -1.81. The van der Waals surface area contributed by atoms with Crippen molar-refractivity contribution in [3.8, 4) is 0 Å². The van der Waals surface area contributed by atoms with Gasteiger partial charge in [-0.2, -0.15) is 0 Å². The number of carbonyl (C=O) groups is 1. The summed E-state index contributed by atoms with van der Waals surface area (Å²) in [7, 11) is 0. The zero-order valence-electron chi connectivity index (χ0n) is 11.8. The molecular weight excluding hydrogens is 268 g/mol. The standard InChI is InChI=1S/C16H20N2OS/c1-16(2,14-9-6-10-20-14)12-18-15(19)11-17-13-7-4-3-5-8-13/h3-10,17H,11-12H2,1-2H3,(H,18,19). The monoisotopic (exact) mass is 288 g/mol. The fraction of sp³-hybridized carbons (Fsp3) is 0.312. The van der Waals surface area contributed by atoms with Gasteiger partial charge in [-0.15, -0.1) is 11.3 Å². The maximum Gasteiger partial charge on any atom is 0.239 e. The fourth-order valence-corrected chi connectivity index (χ4v) is 2.72. The number of thiophene rings is 1. The molecule has 106 valence electrons. The van der Waals surface area contributed by atoms with E-state index in [0.717, 1.165) is 5.69 Å². The molecule has 0 radical (unpaired) electrons. The maximum absolute atomic E-state index is 11.9. The van der Waals surface area contributed by atoms with Crippen LogP contribution in [0.15, 0.2) is 47.8 Å². The molecule has 0 aliphatic rings. The number of para-hydroxylation sites is 1. The van der Waals surface area contributed by atoms with Crippen LogP contribution in [0.5, 0.6) is 0 Å². The number of amides is 1. The van der Waals surface area contributed by atoms with Gasteiger partial charge in [0.15, 0.2) is 0 Å². The van der Waals surface area contributed by atoms with Gasteiger partial charge in [0.1, 0.15) is 0 Å². The highest BCUT2D eigenvalue weighted by Gasteiger charge is 2.22. The molecule has 2 N–H and O–H groups in total. The Kier molecular flexibility index (Phi) is 4.79. The second-order valence-electron chi connectivity index (χ2n) is 5.36. The summed E-state index contributed by atoms with van der Waals surface area (Å²) in [4.78, 5) is 13.1. The Morgan fingerprint density at radius 3 is 2.55 bits per heavy atom. The Morgan fingerprint density at radius 2 is 1.90 bits per heavy atom. The van der Waals surface area contributed by atoms with Gasteiger partial charge in [-0.1, -0.05) is 38.1 Å². The van der Waals surface area contributed by atoms with Crippen LogP contribution in [0.2, 0.25) is 0 Å². The quantitative estimate of drug-likeness (QED) is 0.856. The van der Waals surface area contributed by atoms with E-state index >= 15 is 0 Å². The molecule has 1 aromatic heterocycles. The summed E-state index contributed by atoms with van der Waals surface area (Å²) in [6.07, 6.45) is 0. The zero-order chi connectivity index (χ0) is 14.4. The highest BCUT2D eigenvalue weighted by atomic mass is 32.1. The van der Waals surface area contributed by atoms with E-state index < -0.39 is 0 Å². The van der Waals surface area contributed by atoms with Gasteiger partial charge >= 0.3 is 0 Å². The molecular formula is C16H20N2OS. The lowest BCUT2D eigenvalue weighted by Gasteiger charge is -2.23. The van der Waals surface area contributed by atoms with Crippen molar-refractivity contribution in [2.75, 3.05) is 18.4 Å². The predicted octanol–water partition coefficient (Wildman–Crippen LogP) is 3.25. The van der Waals surface area contributed by atoms with Crippen LogP contribution in [0.4, 0.5) is 5.69 Å². The molecule has 20 heavy (non-hydrogen) atoms. The Balaban J connectivity index is 1.78. The van der Waals surface area contributed by atoms with Crippen molar-refractivity contribution < 1.29 is 4.79 Å². The predicted molar refractivity (Wildman–Crippen MR) is 85.3 cm³/mol. The number of nitrogens with one attached hydrogen (secondary N) is 2. The molecule has 0 bridgehead atoms. The van der Waals surface area contributed by atoms with Crippen LogP contribution in [-0.2, 0) is 10.2 Å². The van der Waals surface area contributed by atoms with Crippen molar-refractivity contribution in [2.24, 2.45) is 0 Å². The van der Waals surface area contributed by atoms with Crippen molar-refractivity contribution in [1.29, 1.82) is 0 Å². The van der Waals surface area contributed by atoms with Crippen molar-refractivity contribution in [3.05, 3.63) is 52.7 Å². The molecule has 0 saturated heterocycles. The van der Waals surface area contributed by atoms with Gasteiger partial charge in [0.05, 0.1) is 6.54 Å². The SMILES string of the molecule is CC(C)(CNC(=O)CNc1ccccc1)c1cccs1. The van der Waals surface area contributed by atoms with Gasteiger partial charge in [-0.25, -0.2) is 0 Å². The van der Waals surface area contributed by atoms with Gasteiger partial charge in [0.2, 0.25) is 5.91 Å². The van der Waals surface area contributed by atoms with E-state index in [1.165, 1.54) is 4.88 Å². The second kappa shape index (κ2) is 6.57. The lowest BCUT2D eigenvalue weighted by Crippen LogP contribution is -2.38. The summed E-state index contributed by atoms with van der Waals surface area (Å²) < 4.78 is 0. The average Bonchev–Trinajstić information content (AvgIpc) is 2.99. The van der Waals surface area contributed by atoms with Crippen LogP contribution in [0.1, 0.15) is 18.7 Å². The van der Waals surface area contributed by atoms with E-state index in [2.05, 4.69) is 35.9 Å². The van der Waals surface area contributed by atoms with Crippen LogP contribution in [0.3, 0.4) is 0 Å². The molecule has 2 rings (SSSR count). The average molecular weight is 288 g/mol. The molecule has 0 atom stereocenters. The molecule has 2 aromatic rings. The first-order chi connectivity index (χ1) is 9.58. The highest BCUT2D eigenvalue weighted by molar-refractivity contribution is 7.10. The van der Waals surface area contributed by atoms with E-state index in [1.807, 2.05) is 36.4 Å². The van der Waals surface area contributed by atoms with E-state index in [4.69, 9.17) is 0 Å². The first-order valence-electron chi connectivity index (χ1n) is 6.67. The number of anilines is 1. The van der Waals surface area contributed by atoms with Crippen LogP contribution in [0.25, 0.3) is 0 Å². The smallest absolute Gasteiger partial charge is 0.239 e. The van der Waals surface area contributed by atoms with Crippen LogP contribution in [-0.4, -0.2) is 19.0 Å². The molecule has 1 aromatic carbocycles. The highest BCUT2D eigenvalue weighted by Crippen LogP contribution is 2.26. The molecule has 0 fully saturated rings. The molecule has 0 spiro atoms. The molecule has 0 aliphatic heterocycles. The molecule has 3 nitrogen and oxygen atoms in total. The van der Waals surface area contributed by atoms with Crippen molar-refractivity contribution in [3.63, 3.8) is 0 Å². The van der Waals surface area contributed by atoms with Gasteiger partial charge in [-0.3, -0.25) is 4.79 Å². The van der Waals surface area contributed by atoms with Gasteiger partial charge < -0.3 is 10.6 Å². The summed E-state index contributed by atoms with van der Waals surface area (Å²) in [5, 5.41) is 8.16. The van der Waals surface area contributed by atoms with E-state index in [1.54, 1.807) is 11.3 Å². The molecule has 0 unspecified atom stereocenters. The summed E-state index contributed by atoms with van der Waals surface area (Å²) in [5.74, 6) is 0.0125. The zero-order valence-corrected chi connectivity index (χ0v) is 12.7. The molecule has 0 saturated carbocycles. The lowest BCUT2D eigenvalue weighted by molar-refractivity contribution is -0.119. The Bertz CT molecular complexity index is 535. The van der Waals surface area contributed by atoms with Crippen molar-refractivity contribution in [2.45, 2.75) is 19.3 Å². The van der Waals surface area contributed by atoms with Crippen molar-refractivity contribution >= 4 is 22.9 Å². The molecule has 1 amide bonds. The largest absolute Gasteiger partial charge is 0.376 e. The first-order valence-corrected chi connectivity index (χ1v) is 7.55. The minimum Gasteiger partial charge on any atom is -0.376 e. The fourth-order valence-electron chi connectivity index (χ4n) is 1.87. The number of carbonyl (C=O) groups excluding carboxylic acids is 1. The minimum absolute atomic E-state index is 0.0125. The summed E-state index contributed by atoms with van der Waals surface area (Å²) in [6.45, 7) is 5.22. The topological polar surface area (TPSA) is 41.1 Å². The first kappa shape index (κ1) is 14.6. The van der Waals surface area contributed by atoms with Gasteiger partial charge in [0, 0.05) is 22.5 Å². The minimum atomic E-state index is -0.0312.